The molecule has 0 spiro atoms. The molecule has 0 atom stereocenters. The van der Waals surface area contributed by atoms with Gasteiger partial charge in [0.1, 0.15) is 0 Å². The first kappa shape index (κ1) is 17.3. The lowest BCUT2D eigenvalue weighted by Gasteiger charge is -2.04. The van der Waals surface area contributed by atoms with Gasteiger partial charge in [-0.25, -0.2) is 4.68 Å². The average molecular weight is 420 g/mol. The van der Waals surface area contributed by atoms with Crippen LogP contribution in [-0.4, -0.2) is 16.9 Å². The molecule has 0 aliphatic heterocycles. The third kappa shape index (κ3) is 4.12. The Hall–Kier alpha value is -1.50. The topological polar surface area (TPSA) is 29.6 Å². The molecule has 0 unspecified atom stereocenters. The van der Waals surface area contributed by atoms with Crippen molar-refractivity contribution in [2.45, 2.75) is 26.8 Å². The largest absolute Gasteiger partial charge is 0.255 e. The van der Waals surface area contributed by atoms with E-state index in [1.807, 2.05) is 23.0 Å². The standard InChI is InChI=1S/C18H18BrN3S2/c1-12(2)21-18-22(20-10-16-9-4-13(3)24-16)17(11-23-18)14-5-7-15(19)8-6-14/h4-12H,1-3H3. The maximum Gasteiger partial charge on any atom is 0.206 e. The molecule has 2 heterocycles. The number of nitrogens with zero attached hydrogens (tertiary/aromatic N) is 3. The minimum atomic E-state index is 0.229. The summed E-state index contributed by atoms with van der Waals surface area (Å²) in [7, 11) is 0. The van der Waals surface area contributed by atoms with Gasteiger partial charge in [0, 0.05) is 31.2 Å². The highest BCUT2D eigenvalue weighted by molar-refractivity contribution is 9.10. The van der Waals surface area contributed by atoms with E-state index in [4.69, 9.17) is 10.1 Å². The number of benzene rings is 1. The summed E-state index contributed by atoms with van der Waals surface area (Å²) in [6, 6.07) is 12.7. The van der Waals surface area contributed by atoms with Crippen molar-refractivity contribution in [1.82, 2.24) is 4.68 Å². The van der Waals surface area contributed by atoms with E-state index < -0.39 is 0 Å². The number of thiazole rings is 1. The second-order valence-electron chi connectivity index (χ2n) is 5.64. The molecule has 0 N–H and O–H groups in total. The predicted molar refractivity (Wildman–Crippen MR) is 108 cm³/mol. The second-order valence-corrected chi connectivity index (χ2v) is 8.71. The summed E-state index contributed by atoms with van der Waals surface area (Å²) >= 11 is 6.84. The number of hydrogen-bond donors (Lipinski definition) is 0. The van der Waals surface area contributed by atoms with Crippen molar-refractivity contribution in [2.24, 2.45) is 10.1 Å². The van der Waals surface area contributed by atoms with Crippen LogP contribution in [0.1, 0.15) is 23.6 Å². The molecule has 1 aromatic carbocycles. The Bertz CT molecular complexity index is 914. The Morgan fingerprint density at radius 3 is 2.50 bits per heavy atom. The number of rotatable bonds is 4. The van der Waals surface area contributed by atoms with Crippen molar-refractivity contribution in [3.8, 4) is 11.3 Å². The molecule has 3 nitrogen and oxygen atoms in total. The number of hydrogen-bond acceptors (Lipinski definition) is 4. The van der Waals surface area contributed by atoms with E-state index in [0.717, 1.165) is 25.4 Å². The minimum absolute atomic E-state index is 0.229. The predicted octanol–water partition coefficient (Wildman–Crippen LogP) is 5.54. The lowest BCUT2D eigenvalue weighted by molar-refractivity contribution is 0.755. The highest BCUT2D eigenvalue weighted by atomic mass is 79.9. The fourth-order valence-electron chi connectivity index (χ4n) is 2.18. The van der Waals surface area contributed by atoms with Crippen LogP contribution in [0.3, 0.4) is 0 Å². The summed E-state index contributed by atoms with van der Waals surface area (Å²) in [5.74, 6) is 0. The fourth-order valence-corrected chi connectivity index (χ4v) is 4.16. The molecule has 0 bridgehead atoms. The van der Waals surface area contributed by atoms with Gasteiger partial charge in [-0.05, 0) is 45.0 Å². The third-order valence-electron chi connectivity index (χ3n) is 3.26. The molecule has 0 saturated carbocycles. The number of thiophene rings is 1. The van der Waals surface area contributed by atoms with Gasteiger partial charge in [-0.15, -0.1) is 22.7 Å². The first-order valence-electron chi connectivity index (χ1n) is 7.64. The van der Waals surface area contributed by atoms with Crippen LogP contribution in [0.25, 0.3) is 11.3 Å². The first-order valence-corrected chi connectivity index (χ1v) is 10.1. The normalized spacial score (nSPS) is 12.6. The molecule has 24 heavy (non-hydrogen) atoms. The molecular formula is C18H18BrN3S2. The van der Waals surface area contributed by atoms with Crippen molar-refractivity contribution < 1.29 is 0 Å². The molecule has 3 rings (SSSR count). The Balaban J connectivity index is 2.08. The average Bonchev–Trinajstić information content (AvgIpc) is 3.12. The van der Waals surface area contributed by atoms with Gasteiger partial charge in [-0.1, -0.05) is 28.1 Å². The number of aryl methyl sites for hydroxylation is 1. The van der Waals surface area contributed by atoms with Gasteiger partial charge in [0.15, 0.2) is 0 Å². The van der Waals surface area contributed by atoms with E-state index in [1.54, 1.807) is 22.7 Å². The van der Waals surface area contributed by atoms with Gasteiger partial charge in [0.05, 0.1) is 11.9 Å². The summed E-state index contributed by atoms with van der Waals surface area (Å²) in [6.45, 7) is 6.26. The number of halogens is 1. The van der Waals surface area contributed by atoms with Gasteiger partial charge in [0.2, 0.25) is 4.80 Å². The molecule has 0 amide bonds. The van der Waals surface area contributed by atoms with Crippen LogP contribution >= 0.6 is 38.6 Å². The molecule has 0 fully saturated rings. The molecule has 0 aliphatic carbocycles. The summed E-state index contributed by atoms with van der Waals surface area (Å²) < 4.78 is 3.00. The van der Waals surface area contributed by atoms with Gasteiger partial charge < -0.3 is 0 Å². The van der Waals surface area contributed by atoms with Crippen LogP contribution in [0, 0.1) is 6.92 Å². The van der Waals surface area contributed by atoms with E-state index in [9.17, 15) is 0 Å². The lowest BCUT2D eigenvalue weighted by atomic mass is 10.2. The van der Waals surface area contributed by atoms with E-state index in [-0.39, 0.29) is 6.04 Å². The highest BCUT2D eigenvalue weighted by Crippen LogP contribution is 2.22. The summed E-state index contributed by atoms with van der Waals surface area (Å²) in [6.07, 6.45) is 1.91. The summed E-state index contributed by atoms with van der Waals surface area (Å²) in [5.41, 5.74) is 2.18. The van der Waals surface area contributed by atoms with Crippen LogP contribution in [-0.2, 0) is 0 Å². The Kier molecular flexibility index (Phi) is 5.48. The molecule has 2 aromatic heterocycles. The molecule has 0 radical (unpaired) electrons. The Morgan fingerprint density at radius 1 is 1.12 bits per heavy atom. The van der Waals surface area contributed by atoms with E-state index in [2.05, 4.69) is 66.3 Å². The first-order chi connectivity index (χ1) is 11.5. The zero-order valence-corrected chi connectivity index (χ0v) is 17.0. The monoisotopic (exact) mass is 419 g/mol. The molecule has 124 valence electrons. The van der Waals surface area contributed by atoms with E-state index in [0.29, 0.717) is 0 Å². The Labute approximate surface area is 158 Å². The van der Waals surface area contributed by atoms with Gasteiger partial charge >= 0.3 is 0 Å². The second kappa shape index (κ2) is 7.59. The maximum atomic E-state index is 4.71. The van der Waals surface area contributed by atoms with Gasteiger partial charge in [0.25, 0.3) is 0 Å². The molecule has 0 aliphatic rings. The van der Waals surface area contributed by atoms with E-state index in [1.165, 1.54) is 4.88 Å². The number of aromatic nitrogens is 1. The molecular weight excluding hydrogens is 402 g/mol. The van der Waals surface area contributed by atoms with Crippen LogP contribution < -0.4 is 4.80 Å². The van der Waals surface area contributed by atoms with Crippen molar-refractivity contribution in [3.05, 3.63) is 60.8 Å². The summed E-state index contributed by atoms with van der Waals surface area (Å²) in [4.78, 5) is 8.04. The lowest BCUT2D eigenvalue weighted by Crippen LogP contribution is -2.14. The molecule has 6 heteroatoms. The van der Waals surface area contributed by atoms with Crippen molar-refractivity contribution >= 4 is 44.8 Å². The quantitative estimate of drug-likeness (QED) is 0.496. The van der Waals surface area contributed by atoms with Crippen LogP contribution in [0.5, 0.6) is 0 Å². The zero-order chi connectivity index (χ0) is 17.1. The Morgan fingerprint density at radius 2 is 1.88 bits per heavy atom. The smallest absolute Gasteiger partial charge is 0.206 e. The SMILES string of the molecule is Cc1ccc(C=Nn2c(-c3ccc(Br)cc3)csc2=NC(C)C)s1. The van der Waals surface area contributed by atoms with Crippen LogP contribution in [0.2, 0.25) is 0 Å². The fraction of sp³-hybridized carbons (Fsp3) is 0.222. The van der Waals surface area contributed by atoms with Crippen molar-refractivity contribution in [1.29, 1.82) is 0 Å². The zero-order valence-electron chi connectivity index (χ0n) is 13.7. The minimum Gasteiger partial charge on any atom is -0.255 e. The van der Waals surface area contributed by atoms with Gasteiger partial charge in [-0.3, -0.25) is 4.99 Å². The third-order valence-corrected chi connectivity index (χ3v) is 5.55. The molecule has 0 saturated heterocycles. The summed E-state index contributed by atoms with van der Waals surface area (Å²) in [5, 5.41) is 6.82. The van der Waals surface area contributed by atoms with Crippen molar-refractivity contribution in [2.75, 3.05) is 0 Å². The maximum absolute atomic E-state index is 4.71. The van der Waals surface area contributed by atoms with Crippen molar-refractivity contribution in [3.63, 3.8) is 0 Å². The highest BCUT2D eigenvalue weighted by Gasteiger charge is 2.08. The van der Waals surface area contributed by atoms with E-state index >= 15 is 0 Å². The van der Waals surface area contributed by atoms with Crippen LogP contribution in [0.15, 0.2) is 56.3 Å². The van der Waals surface area contributed by atoms with Gasteiger partial charge in [-0.2, -0.15) is 5.10 Å². The molecule has 3 aromatic rings. The van der Waals surface area contributed by atoms with Crippen LogP contribution in [0.4, 0.5) is 0 Å².